The lowest BCUT2D eigenvalue weighted by Crippen LogP contribution is -2.23. The van der Waals surface area contributed by atoms with Crippen molar-refractivity contribution in [2.45, 2.75) is 23.9 Å². The maximum Gasteiger partial charge on any atom is 0.267 e. The predicted octanol–water partition coefficient (Wildman–Crippen LogP) is 5.60. The Morgan fingerprint density at radius 2 is 1.94 bits per heavy atom. The van der Waals surface area contributed by atoms with Crippen LogP contribution < -0.4 is 10.9 Å². The van der Waals surface area contributed by atoms with E-state index in [1.165, 1.54) is 23.1 Å². The number of nitrogens with one attached hydrogen (secondary N) is 1. The summed E-state index contributed by atoms with van der Waals surface area (Å²) in [6.45, 7) is 0. The molecule has 1 aliphatic carbocycles. The molecule has 34 heavy (non-hydrogen) atoms. The molecule has 1 aliphatic rings. The van der Waals surface area contributed by atoms with Gasteiger partial charge in [-0.25, -0.2) is 4.98 Å². The van der Waals surface area contributed by atoms with Crippen molar-refractivity contribution in [3.05, 3.63) is 88.2 Å². The summed E-state index contributed by atoms with van der Waals surface area (Å²) in [5, 5.41) is 7.17. The Morgan fingerprint density at radius 3 is 2.76 bits per heavy atom. The summed E-state index contributed by atoms with van der Waals surface area (Å²) < 4.78 is 1.64. The van der Waals surface area contributed by atoms with Gasteiger partial charge in [0.05, 0.1) is 28.0 Å². The number of rotatable bonds is 6. The van der Waals surface area contributed by atoms with Crippen LogP contribution in [0.3, 0.4) is 0 Å². The van der Waals surface area contributed by atoms with Gasteiger partial charge in [-0.05, 0) is 66.1 Å². The third kappa shape index (κ3) is 3.89. The highest BCUT2D eigenvalue weighted by molar-refractivity contribution is 7.99. The number of thiophene rings is 1. The molecule has 3 heterocycles. The van der Waals surface area contributed by atoms with Crippen LogP contribution in [0.1, 0.15) is 24.3 Å². The minimum Gasteiger partial charge on any atom is -0.325 e. The van der Waals surface area contributed by atoms with Crippen LogP contribution in [0, 0.1) is 0 Å². The first kappa shape index (κ1) is 21.1. The standard InChI is InChI=1S/C26H20N4O2S2/c31-22(28-21-10-4-9-20-18(21)8-5-13-27-20)15-34-26-29-24-23(19(14-33-24)16-11-12-16)25(32)30(26)17-6-2-1-3-7-17/h1-10,13-14,16H,11-12,15H2,(H,28,31). The molecule has 2 aromatic carbocycles. The van der Waals surface area contributed by atoms with E-state index in [1.54, 1.807) is 10.8 Å². The SMILES string of the molecule is O=C(CSc1nc2scc(C3CC3)c2c(=O)n1-c1ccccc1)Nc1cccc2ncccc12. The zero-order valence-corrected chi connectivity index (χ0v) is 19.7. The van der Waals surface area contributed by atoms with Crippen molar-refractivity contribution in [3.63, 3.8) is 0 Å². The highest BCUT2D eigenvalue weighted by Crippen LogP contribution is 2.44. The van der Waals surface area contributed by atoms with Crippen molar-refractivity contribution in [1.82, 2.24) is 14.5 Å². The number of pyridine rings is 1. The average Bonchev–Trinajstić information content (AvgIpc) is 3.62. The summed E-state index contributed by atoms with van der Waals surface area (Å²) in [4.78, 5) is 36.4. The lowest BCUT2D eigenvalue weighted by atomic mass is 10.1. The zero-order valence-electron chi connectivity index (χ0n) is 18.1. The lowest BCUT2D eigenvalue weighted by molar-refractivity contribution is -0.113. The van der Waals surface area contributed by atoms with Crippen LogP contribution in [-0.2, 0) is 4.79 Å². The van der Waals surface area contributed by atoms with Gasteiger partial charge in [0.1, 0.15) is 4.83 Å². The largest absolute Gasteiger partial charge is 0.325 e. The van der Waals surface area contributed by atoms with Crippen LogP contribution in [0.2, 0.25) is 0 Å². The minimum absolute atomic E-state index is 0.0672. The molecule has 0 atom stereocenters. The summed E-state index contributed by atoms with van der Waals surface area (Å²) in [6, 6.07) is 18.9. The molecule has 0 bridgehead atoms. The number of benzene rings is 2. The highest BCUT2D eigenvalue weighted by atomic mass is 32.2. The van der Waals surface area contributed by atoms with E-state index in [1.807, 2.05) is 60.7 Å². The quantitative estimate of drug-likeness (QED) is 0.251. The number of anilines is 1. The van der Waals surface area contributed by atoms with Gasteiger partial charge in [-0.2, -0.15) is 0 Å². The predicted molar refractivity (Wildman–Crippen MR) is 138 cm³/mol. The number of hydrogen-bond acceptors (Lipinski definition) is 6. The maximum absolute atomic E-state index is 13.7. The number of para-hydroxylation sites is 1. The number of carbonyl (C=O) groups excluding carboxylic acids is 1. The second kappa shape index (κ2) is 8.70. The number of nitrogens with zero attached hydrogens (tertiary/aromatic N) is 3. The van der Waals surface area contributed by atoms with E-state index in [9.17, 15) is 9.59 Å². The van der Waals surface area contributed by atoms with E-state index in [-0.39, 0.29) is 17.2 Å². The van der Waals surface area contributed by atoms with Crippen LogP contribution >= 0.6 is 23.1 Å². The van der Waals surface area contributed by atoms with Gasteiger partial charge in [-0.1, -0.05) is 36.0 Å². The van der Waals surface area contributed by atoms with Gasteiger partial charge in [-0.3, -0.25) is 19.1 Å². The van der Waals surface area contributed by atoms with Crippen molar-refractivity contribution in [1.29, 1.82) is 0 Å². The van der Waals surface area contributed by atoms with Gasteiger partial charge in [0.15, 0.2) is 5.16 Å². The van der Waals surface area contributed by atoms with Crippen LogP contribution in [0.5, 0.6) is 0 Å². The van der Waals surface area contributed by atoms with Gasteiger partial charge >= 0.3 is 0 Å². The second-order valence-electron chi connectivity index (χ2n) is 8.23. The van der Waals surface area contributed by atoms with E-state index in [0.29, 0.717) is 22.1 Å². The Hall–Kier alpha value is -3.49. The summed E-state index contributed by atoms with van der Waals surface area (Å²) >= 11 is 2.78. The van der Waals surface area contributed by atoms with Crippen molar-refractivity contribution < 1.29 is 4.79 Å². The Balaban J connectivity index is 1.33. The molecular weight excluding hydrogens is 464 g/mol. The van der Waals surface area contributed by atoms with Crippen molar-refractivity contribution in [3.8, 4) is 5.69 Å². The van der Waals surface area contributed by atoms with E-state index in [0.717, 1.165) is 39.8 Å². The van der Waals surface area contributed by atoms with Crippen molar-refractivity contribution in [2.24, 2.45) is 0 Å². The normalized spacial score (nSPS) is 13.4. The molecule has 0 aliphatic heterocycles. The van der Waals surface area contributed by atoms with Gasteiger partial charge in [0.2, 0.25) is 5.91 Å². The molecule has 5 aromatic rings. The summed E-state index contributed by atoms with van der Waals surface area (Å²) in [5.74, 6) is 0.426. The Labute approximate surface area is 203 Å². The molecule has 168 valence electrons. The third-order valence-corrected chi connectivity index (χ3v) is 7.72. The van der Waals surface area contributed by atoms with E-state index in [2.05, 4.69) is 15.7 Å². The number of carbonyl (C=O) groups is 1. The fourth-order valence-electron chi connectivity index (χ4n) is 4.12. The fraction of sp³-hybridized carbons (Fsp3) is 0.154. The van der Waals surface area contributed by atoms with Gasteiger partial charge in [0, 0.05) is 11.6 Å². The molecule has 8 heteroatoms. The Bertz CT molecular complexity index is 1580. The average molecular weight is 485 g/mol. The summed E-state index contributed by atoms with van der Waals surface area (Å²) in [6.07, 6.45) is 3.97. The second-order valence-corrected chi connectivity index (χ2v) is 10.0. The summed E-state index contributed by atoms with van der Waals surface area (Å²) in [7, 11) is 0. The van der Waals surface area contributed by atoms with E-state index < -0.39 is 0 Å². The Morgan fingerprint density at radius 1 is 1.09 bits per heavy atom. The molecule has 1 saturated carbocycles. The van der Waals surface area contributed by atoms with E-state index >= 15 is 0 Å². The lowest BCUT2D eigenvalue weighted by Gasteiger charge is -2.13. The molecule has 3 aromatic heterocycles. The third-order valence-electron chi connectivity index (χ3n) is 5.89. The zero-order chi connectivity index (χ0) is 23.1. The van der Waals surface area contributed by atoms with Crippen LogP contribution in [0.4, 0.5) is 5.69 Å². The van der Waals surface area contributed by atoms with E-state index in [4.69, 9.17) is 4.98 Å². The topological polar surface area (TPSA) is 76.9 Å². The molecule has 6 nitrogen and oxygen atoms in total. The molecule has 0 spiro atoms. The molecular formula is C26H20N4O2S2. The van der Waals surface area contributed by atoms with Crippen LogP contribution in [0.25, 0.3) is 26.8 Å². The number of thioether (sulfide) groups is 1. The molecule has 0 unspecified atom stereocenters. The van der Waals surface area contributed by atoms with Crippen LogP contribution in [-0.4, -0.2) is 26.2 Å². The first-order valence-corrected chi connectivity index (χ1v) is 12.9. The molecule has 0 radical (unpaired) electrons. The molecule has 1 N–H and O–H groups in total. The summed E-state index contributed by atoms with van der Waals surface area (Å²) in [5.41, 5.74) is 3.33. The van der Waals surface area contributed by atoms with Gasteiger partial charge in [-0.15, -0.1) is 11.3 Å². The molecule has 6 rings (SSSR count). The number of amides is 1. The molecule has 1 amide bonds. The Kier molecular flexibility index (Phi) is 5.39. The maximum atomic E-state index is 13.7. The molecule has 0 saturated heterocycles. The van der Waals surface area contributed by atoms with Crippen molar-refractivity contribution in [2.75, 3.05) is 11.1 Å². The van der Waals surface area contributed by atoms with Crippen molar-refractivity contribution >= 4 is 55.8 Å². The minimum atomic E-state index is -0.167. The first-order chi connectivity index (χ1) is 16.7. The number of aromatic nitrogens is 3. The smallest absolute Gasteiger partial charge is 0.267 e. The number of hydrogen-bond donors (Lipinski definition) is 1. The van der Waals surface area contributed by atoms with Gasteiger partial charge in [0.25, 0.3) is 5.56 Å². The molecule has 1 fully saturated rings. The van der Waals surface area contributed by atoms with Gasteiger partial charge < -0.3 is 5.32 Å². The van der Waals surface area contributed by atoms with Crippen LogP contribution in [0.15, 0.2) is 82.2 Å². The fourth-order valence-corrected chi connectivity index (χ4v) is 5.99. The first-order valence-electron chi connectivity index (χ1n) is 11.0. The highest BCUT2D eigenvalue weighted by Gasteiger charge is 2.29. The monoisotopic (exact) mass is 484 g/mol. The number of fused-ring (bicyclic) bond motifs is 2.